The molecule has 0 radical (unpaired) electrons. The van der Waals surface area contributed by atoms with Gasteiger partial charge in [0, 0.05) is 18.7 Å². The lowest BCUT2D eigenvalue weighted by atomic mass is 10.1. The zero-order valence-corrected chi connectivity index (χ0v) is 16.3. The van der Waals surface area contributed by atoms with Crippen LogP contribution in [0.3, 0.4) is 0 Å². The quantitative estimate of drug-likeness (QED) is 0.496. The molecule has 0 unspecified atom stereocenters. The molecular formula is C18H23NO7S. The molecule has 2 rings (SSSR count). The number of esters is 1. The van der Waals surface area contributed by atoms with Gasteiger partial charge in [-0.1, -0.05) is 0 Å². The van der Waals surface area contributed by atoms with E-state index in [1.54, 1.807) is 24.3 Å². The lowest BCUT2D eigenvalue weighted by molar-refractivity contribution is -0.160. The van der Waals surface area contributed by atoms with Crippen LogP contribution in [0.4, 0.5) is 0 Å². The molecule has 0 aliphatic carbocycles. The SMILES string of the molecule is CC(=O)c1ccc(OCC(=O)O[C@@H](C)C(=O)N(C)[C@@H]2CCS(=O)(=O)C2)cc1. The molecule has 1 saturated heterocycles. The van der Waals surface area contributed by atoms with Gasteiger partial charge in [-0.3, -0.25) is 9.59 Å². The number of rotatable bonds is 7. The van der Waals surface area contributed by atoms with E-state index in [9.17, 15) is 22.8 Å². The number of benzene rings is 1. The maximum absolute atomic E-state index is 12.3. The Hall–Kier alpha value is -2.42. The lowest BCUT2D eigenvalue weighted by Gasteiger charge is -2.26. The van der Waals surface area contributed by atoms with E-state index in [0.717, 1.165) is 0 Å². The predicted octanol–water partition coefficient (Wildman–Crippen LogP) is 0.845. The smallest absolute Gasteiger partial charge is 0.344 e. The molecule has 1 aromatic carbocycles. The summed E-state index contributed by atoms with van der Waals surface area (Å²) in [5.41, 5.74) is 0.529. The number of carbonyl (C=O) groups excluding carboxylic acids is 3. The van der Waals surface area contributed by atoms with Crippen LogP contribution in [0, 0.1) is 0 Å². The van der Waals surface area contributed by atoms with E-state index in [2.05, 4.69) is 0 Å². The van der Waals surface area contributed by atoms with Crippen LogP contribution >= 0.6 is 0 Å². The highest BCUT2D eigenvalue weighted by atomic mass is 32.2. The van der Waals surface area contributed by atoms with E-state index in [-0.39, 0.29) is 17.3 Å². The average Bonchev–Trinajstić information content (AvgIpc) is 2.98. The van der Waals surface area contributed by atoms with Crippen LogP contribution in [0.5, 0.6) is 5.75 Å². The van der Waals surface area contributed by atoms with Crippen molar-refractivity contribution in [2.24, 2.45) is 0 Å². The summed E-state index contributed by atoms with van der Waals surface area (Å²) in [6.07, 6.45) is -0.667. The van der Waals surface area contributed by atoms with E-state index in [1.165, 1.54) is 25.8 Å². The van der Waals surface area contributed by atoms with Gasteiger partial charge in [-0.25, -0.2) is 13.2 Å². The minimum absolute atomic E-state index is 0.0553. The molecule has 27 heavy (non-hydrogen) atoms. The fraction of sp³-hybridized carbons (Fsp3) is 0.500. The maximum Gasteiger partial charge on any atom is 0.344 e. The lowest BCUT2D eigenvalue weighted by Crippen LogP contribution is -2.44. The molecule has 0 N–H and O–H groups in total. The van der Waals surface area contributed by atoms with Crippen LogP contribution in [0.15, 0.2) is 24.3 Å². The number of ketones is 1. The van der Waals surface area contributed by atoms with Crippen LogP contribution in [-0.4, -0.2) is 68.3 Å². The minimum atomic E-state index is -3.11. The number of sulfone groups is 1. The molecule has 1 heterocycles. The van der Waals surface area contributed by atoms with Crippen molar-refractivity contribution in [1.29, 1.82) is 0 Å². The highest BCUT2D eigenvalue weighted by molar-refractivity contribution is 7.91. The van der Waals surface area contributed by atoms with Gasteiger partial charge in [-0.05, 0) is 44.5 Å². The molecule has 1 aliphatic rings. The monoisotopic (exact) mass is 397 g/mol. The normalized spacial score (nSPS) is 19.1. The predicted molar refractivity (Wildman–Crippen MR) is 97.3 cm³/mol. The Labute approximate surface area is 158 Å². The third-order valence-electron chi connectivity index (χ3n) is 4.38. The second-order valence-electron chi connectivity index (χ2n) is 6.51. The van der Waals surface area contributed by atoms with Crippen LogP contribution in [-0.2, 0) is 24.2 Å². The molecule has 2 atom stereocenters. The summed E-state index contributed by atoms with van der Waals surface area (Å²) in [6.45, 7) is 2.49. The molecule has 1 fully saturated rings. The first-order chi connectivity index (χ1) is 12.6. The van der Waals surface area contributed by atoms with Crippen LogP contribution in [0.2, 0.25) is 0 Å². The fourth-order valence-electron chi connectivity index (χ4n) is 2.76. The summed E-state index contributed by atoms with van der Waals surface area (Å²) in [5, 5.41) is 0. The highest BCUT2D eigenvalue weighted by Gasteiger charge is 2.34. The van der Waals surface area contributed by atoms with Crippen molar-refractivity contribution in [3.05, 3.63) is 29.8 Å². The highest BCUT2D eigenvalue weighted by Crippen LogP contribution is 2.18. The van der Waals surface area contributed by atoms with Crippen molar-refractivity contribution < 1.29 is 32.3 Å². The summed E-state index contributed by atoms with van der Waals surface area (Å²) in [7, 11) is -1.61. The van der Waals surface area contributed by atoms with Gasteiger partial charge >= 0.3 is 5.97 Å². The summed E-state index contributed by atoms with van der Waals surface area (Å²) in [4.78, 5) is 36.8. The third-order valence-corrected chi connectivity index (χ3v) is 6.13. The second-order valence-corrected chi connectivity index (χ2v) is 8.74. The van der Waals surface area contributed by atoms with Crippen molar-refractivity contribution in [2.75, 3.05) is 25.2 Å². The van der Waals surface area contributed by atoms with Crippen LogP contribution in [0.1, 0.15) is 30.6 Å². The number of hydrogen-bond donors (Lipinski definition) is 0. The Morgan fingerprint density at radius 1 is 1.22 bits per heavy atom. The molecule has 0 spiro atoms. The average molecular weight is 397 g/mol. The van der Waals surface area contributed by atoms with Gasteiger partial charge in [0.1, 0.15) is 5.75 Å². The minimum Gasteiger partial charge on any atom is -0.482 e. The first kappa shape index (κ1) is 20.9. The molecule has 1 aromatic rings. The number of ether oxygens (including phenoxy) is 2. The molecule has 8 nitrogen and oxygen atoms in total. The van der Waals surface area contributed by atoms with Crippen LogP contribution < -0.4 is 4.74 Å². The summed E-state index contributed by atoms with van der Waals surface area (Å²) < 4.78 is 33.4. The van der Waals surface area contributed by atoms with Gasteiger partial charge in [0.05, 0.1) is 11.5 Å². The number of nitrogens with zero attached hydrogens (tertiary/aromatic N) is 1. The van der Waals surface area contributed by atoms with E-state index < -0.39 is 40.5 Å². The van der Waals surface area contributed by atoms with Crippen molar-refractivity contribution in [2.45, 2.75) is 32.4 Å². The van der Waals surface area contributed by atoms with E-state index in [0.29, 0.717) is 17.7 Å². The Morgan fingerprint density at radius 3 is 2.37 bits per heavy atom. The molecular weight excluding hydrogens is 374 g/mol. The van der Waals surface area contributed by atoms with Gasteiger partial charge < -0.3 is 14.4 Å². The Kier molecular flexibility index (Phi) is 6.59. The van der Waals surface area contributed by atoms with E-state index in [1.807, 2.05) is 0 Å². The molecule has 0 aromatic heterocycles. The topological polar surface area (TPSA) is 107 Å². The van der Waals surface area contributed by atoms with E-state index in [4.69, 9.17) is 9.47 Å². The molecule has 1 amide bonds. The second kappa shape index (κ2) is 8.51. The Bertz CT molecular complexity index is 817. The largest absolute Gasteiger partial charge is 0.482 e. The summed E-state index contributed by atoms with van der Waals surface area (Å²) >= 11 is 0. The zero-order chi connectivity index (χ0) is 20.2. The van der Waals surface area contributed by atoms with Crippen molar-refractivity contribution in [3.63, 3.8) is 0 Å². The van der Waals surface area contributed by atoms with Gasteiger partial charge in [0.15, 0.2) is 28.3 Å². The van der Waals surface area contributed by atoms with E-state index >= 15 is 0 Å². The number of likely N-dealkylation sites (N-methyl/N-ethyl adjacent to an activating group) is 1. The van der Waals surface area contributed by atoms with Gasteiger partial charge in [-0.2, -0.15) is 0 Å². The van der Waals surface area contributed by atoms with Crippen molar-refractivity contribution in [3.8, 4) is 5.75 Å². The molecule has 0 bridgehead atoms. The molecule has 148 valence electrons. The summed E-state index contributed by atoms with van der Waals surface area (Å²) in [6, 6.07) is 5.89. The first-order valence-corrected chi connectivity index (χ1v) is 10.3. The standard InChI is InChI=1S/C18H23NO7S/c1-12(20)14-4-6-16(7-5-14)25-10-17(21)26-13(2)18(22)19(3)15-8-9-27(23,24)11-15/h4-7,13,15H,8-11H2,1-3H3/t13-,15+/m0/s1. The fourth-order valence-corrected chi connectivity index (χ4v) is 4.53. The Balaban J connectivity index is 1.82. The van der Waals surface area contributed by atoms with Crippen LogP contribution in [0.25, 0.3) is 0 Å². The maximum atomic E-state index is 12.3. The molecule has 9 heteroatoms. The van der Waals surface area contributed by atoms with Gasteiger partial charge in [0.2, 0.25) is 0 Å². The van der Waals surface area contributed by atoms with Crippen molar-refractivity contribution >= 4 is 27.5 Å². The molecule has 0 saturated carbocycles. The Morgan fingerprint density at radius 2 is 1.85 bits per heavy atom. The summed E-state index contributed by atoms with van der Waals surface area (Å²) in [5.74, 6) is -0.887. The number of Topliss-reactive ketones (excluding diaryl/α,β-unsaturated/α-hetero) is 1. The molecule has 1 aliphatic heterocycles. The first-order valence-electron chi connectivity index (χ1n) is 8.49. The number of hydrogen-bond acceptors (Lipinski definition) is 7. The van der Waals surface area contributed by atoms with Gasteiger partial charge in [0.25, 0.3) is 5.91 Å². The zero-order valence-electron chi connectivity index (χ0n) is 15.5. The number of carbonyl (C=O) groups is 3. The third kappa shape index (κ3) is 5.78. The van der Waals surface area contributed by atoms with Gasteiger partial charge in [-0.15, -0.1) is 0 Å². The van der Waals surface area contributed by atoms with Crippen molar-refractivity contribution in [1.82, 2.24) is 4.90 Å². The number of amides is 1.